The van der Waals surface area contributed by atoms with Crippen molar-refractivity contribution in [3.63, 3.8) is 0 Å². The van der Waals surface area contributed by atoms with Crippen molar-refractivity contribution in [3.05, 3.63) is 11.9 Å². The van der Waals surface area contributed by atoms with E-state index in [-0.39, 0.29) is 0 Å². The molecule has 5 nitrogen and oxygen atoms in total. The Morgan fingerprint density at radius 2 is 2.16 bits per heavy atom. The fourth-order valence-corrected chi connectivity index (χ4v) is 3.62. The summed E-state index contributed by atoms with van der Waals surface area (Å²) >= 11 is 2.06. The molecule has 0 saturated carbocycles. The second-order valence-electron chi connectivity index (χ2n) is 5.15. The number of nitrogen functional groups attached to an aromatic ring is 1. The average molecular weight is 281 g/mol. The maximum Gasteiger partial charge on any atom is 0.148 e. The van der Waals surface area contributed by atoms with Gasteiger partial charge in [0.2, 0.25) is 0 Å². The van der Waals surface area contributed by atoms with Crippen LogP contribution in [0.4, 0.5) is 11.6 Å². The second-order valence-corrected chi connectivity index (χ2v) is 6.56. The Bertz CT molecular complexity index is 404. The lowest BCUT2D eigenvalue weighted by atomic mass is 10.0. The van der Waals surface area contributed by atoms with Gasteiger partial charge in [-0.15, -0.1) is 0 Å². The minimum absolute atomic E-state index is 0.328. The first-order valence-corrected chi connectivity index (χ1v) is 7.94. The van der Waals surface area contributed by atoms with Gasteiger partial charge in [0.05, 0.1) is 0 Å². The van der Waals surface area contributed by atoms with Crippen LogP contribution in [0.5, 0.6) is 0 Å². The molecule has 4 N–H and O–H groups in total. The molecule has 0 spiro atoms. The molecule has 0 amide bonds. The monoisotopic (exact) mass is 281 g/mol. The van der Waals surface area contributed by atoms with Gasteiger partial charge in [-0.05, 0) is 24.5 Å². The van der Waals surface area contributed by atoms with Gasteiger partial charge in [0.1, 0.15) is 18.0 Å². The predicted octanol–water partition coefficient (Wildman–Crippen LogP) is 2.58. The Balaban J connectivity index is 2.06. The molecule has 1 atom stereocenters. The number of nitrogens with one attached hydrogen (secondary N) is 2. The molecule has 6 heteroatoms. The van der Waals surface area contributed by atoms with Gasteiger partial charge in [0.25, 0.3) is 0 Å². The molecule has 2 heterocycles. The van der Waals surface area contributed by atoms with Crippen LogP contribution in [-0.4, -0.2) is 27.5 Å². The summed E-state index contributed by atoms with van der Waals surface area (Å²) in [4.78, 5) is 8.55. The van der Waals surface area contributed by atoms with Gasteiger partial charge in [-0.2, -0.15) is 11.8 Å². The molecule has 0 bridgehead atoms. The Hall–Kier alpha value is -1.01. The van der Waals surface area contributed by atoms with Crippen molar-refractivity contribution in [3.8, 4) is 0 Å². The number of anilines is 2. The molecule has 19 heavy (non-hydrogen) atoms. The van der Waals surface area contributed by atoms with Gasteiger partial charge in [-0.1, -0.05) is 20.3 Å². The first kappa shape index (κ1) is 14.4. The number of nitrogens with zero attached hydrogens (tertiary/aromatic N) is 2. The third-order valence-corrected chi connectivity index (χ3v) is 4.77. The molecule has 1 aliphatic rings. The molecule has 2 rings (SSSR count). The number of hydrogen-bond acceptors (Lipinski definition) is 6. The van der Waals surface area contributed by atoms with Gasteiger partial charge in [0, 0.05) is 17.4 Å². The van der Waals surface area contributed by atoms with Crippen molar-refractivity contribution in [1.82, 2.24) is 9.97 Å². The zero-order valence-electron chi connectivity index (χ0n) is 11.6. The summed E-state index contributed by atoms with van der Waals surface area (Å²) in [6.45, 7) is 5.21. The van der Waals surface area contributed by atoms with Crippen molar-refractivity contribution < 1.29 is 0 Å². The topological polar surface area (TPSA) is 75.9 Å². The van der Waals surface area contributed by atoms with Crippen LogP contribution in [0, 0.1) is 0 Å². The fourth-order valence-electron chi connectivity index (χ4n) is 2.38. The summed E-state index contributed by atoms with van der Waals surface area (Å²) in [5.41, 5.74) is 3.72. The van der Waals surface area contributed by atoms with E-state index < -0.39 is 0 Å². The third kappa shape index (κ3) is 3.73. The average Bonchev–Trinajstić information content (AvgIpc) is 2.45. The molecule has 1 aromatic rings. The number of thioether (sulfide) groups is 1. The van der Waals surface area contributed by atoms with Crippen LogP contribution in [0.25, 0.3) is 0 Å². The zero-order valence-corrected chi connectivity index (χ0v) is 12.5. The summed E-state index contributed by atoms with van der Waals surface area (Å²) in [7, 11) is 0. The lowest BCUT2D eigenvalue weighted by Crippen LogP contribution is -2.22. The highest BCUT2D eigenvalue weighted by atomic mass is 32.2. The standard InChI is InChI=1S/C13H23N5S/c1-9(2)11-12(16-8-17-13(11)18-14)15-7-10-5-3-4-6-19-10/h8-10H,3-7,14H2,1-2H3,(H2,15,16,17,18). The Morgan fingerprint density at radius 1 is 1.37 bits per heavy atom. The molecular formula is C13H23N5S. The van der Waals surface area contributed by atoms with Crippen LogP contribution in [0.1, 0.15) is 44.6 Å². The second kappa shape index (κ2) is 6.96. The van der Waals surface area contributed by atoms with Crippen LogP contribution in [0.3, 0.4) is 0 Å². The zero-order chi connectivity index (χ0) is 13.7. The van der Waals surface area contributed by atoms with Crippen molar-refractivity contribution in [2.45, 2.75) is 44.3 Å². The summed E-state index contributed by atoms with van der Waals surface area (Å²) in [6.07, 6.45) is 5.54. The lowest BCUT2D eigenvalue weighted by molar-refractivity contribution is 0.676. The van der Waals surface area contributed by atoms with E-state index in [1.54, 1.807) is 6.33 Å². The summed E-state index contributed by atoms with van der Waals surface area (Å²) < 4.78 is 0. The maximum atomic E-state index is 5.52. The van der Waals surface area contributed by atoms with E-state index in [4.69, 9.17) is 5.84 Å². The van der Waals surface area contributed by atoms with E-state index >= 15 is 0 Å². The van der Waals surface area contributed by atoms with Crippen LogP contribution in [0.15, 0.2) is 6.33 Å². The largest absolute Gasteiger partial charge is 0.369 e. The van der Waals surface area contributed by atoms with Gasteiger partial charge >= 0.3 is 0 Å². The first-order chi connectivity index (χ1) is 9.22. The van der Waals surface area contributed by atoms with E-state index in [1.807, 2.05) is 0 Å². The Kier molecular flexibility index (Phi) is 5.27. The third-order valence-electron chi connectivity index (χ3n) is 3.37. The molecule has 1 aliphatic heterocycles. The number of hydrogen-bond donors (Lipinski definition) is 3. The Labute approximate surface area is 119 Å². The van der Waals surface area contributed by atoms with E-state index in [2.05, 4.69) is 46.3 Å². The minimum atomic E-state index is 0.328. The first-order valence-electron chi connectivity index (χ1n) is 6.89. The number of rotatable bonds is 5. The highest BCUT2D eigenvalue weighted by Gasteiger charge is 2.17. The molecule has 0 radical (unpaired) electrons. The molecule has 106 valence electrons. The molecule has 0 aromatic carbocycles. The van der Waals surface area contributed by atoms with Crippen molar-refractivity contribution in [2.75, 3.05) is 23.0 Å². The van der Waals surface area contributed by atoms with Crippen molar-refractivity contribution in [1.29, 1.82) is 0 Å². The van der Waals surface area contributed by atoms with Gasteiger partial charge in [-0.25, -0.2) is 15.8 Å². The lowest BCUT2D eigenvalue weighted by Gasteiger charge is -2.23. The van der Waals surface area contributed by atoms with Crippen LogP contribution in [0.2, 0.25) is 0 Å². The highest BCUT2D eigenvalue weighted by molar-refractivity contribution is 7.99. The van der Waals surface area contributed by atoms with Crippen molar-refractivity contribution in [2.24, 2.45) is 5.84 Å². The number of hydrazine groups is 1. The van der Waals surface area contributed by atoms with E-state index in [0.29, 0.717) is 17.0 Å². The summed E-state index contributed by atoms with van der Waals surface area (Å²) in [5.74, 6) is 8.75. The number of nitrogens with two attached hydrogens (primary N) is 1. The SMILES string of the molecule is CC(C)c1c(NN)ncnc1NCC1CCCCS1. The Morgan fingerprint density at radius 3 is 2.79 bits per heavy atom. The molecule has 1 unspecified atom stereocenters. The van der Waals surface area contributed by atoms with Crippen LogP contribution < -0.4 is 16.6 Å². The van der Waals surface area contributed by atoms with E-state index in [0.717, 1.165) is 17.9 Å². The van der Waals surface area contributed by atoms with Gasteiger partial charge < -0.3 is 10.7 Å². The molecule has 1 aromatic heterocycles. The minimum Gasteiger partial charge on any atom is -0.369 e. The highest BCUT2D eigenvalue weighted by Crippen LogP contribution is 2.29. The predicted molar refractivity (Wildman–Crippen MR) is 82.5 cm³/mol. The normalized spacial score (nSPS) is 19.5. The van der Waals surface area contributed by atoms with Crippen LogP contribution in [-0.2, 0) is 0 Å². The maximum absolute atomic E-state index is 5.52. The molecule has 1 saturated heterocycles. The summed E-state index contributed by atoms with van der Waals surface area (Å²) in [6, 6.07) is 0. The molecular weight excluding hydrogens is 258 g/mol. The van der Waals surface area contributed by atoms with E-state index in [1.165, 1.54) is 25.0 Å². The smallest absolute Gasteiger partial charge is 0.148 e. The summed E-state index contributed by atoms with van der Waals surface area (Å²) in [5, 5.41) is 4.16. The number of aromatic nitrogens is 2. The quantitative estimate of drug-likeness (QED) is 0.569. The van der Waals surface area contributed by atoms with Crippen LogP contribution >= 0.6 is 11.8 Å². The van der Waals surface area contributed by atoms with Crippen molar-refractivity contribution >= 4 is 23.4 Å². The van der Waals surface area contributed by atoms with Gasteiger partial charge in [-0.3, -0.25) is 0 Å². The fraction of sp³-hybridized carbons (Fsp3) is 0.692. The van der Waals surface area contributed by atoms with Gasteiger partial charge in [0.15, 0.2) is 0 Å². The molecule has 1 fully saturated rings. The molecule has 0 aliphatic carbocycles. The van der Waals surface area contributed by atoms with E-state index in [9.17, 15) is 0 Å².